The Morgan fingerprint density at radius 2 is 1.77 bits per heavy atom. The Morgan fingerprint density at radius 3 is 2.15 bits per heavy atom. The van der Waals surface area contributed by atoms with E-state index in [2.05, 4.69) is 4.98 Å². The zero-order chi connectivity index (χ0) is 9.35. The van der Waals surface area contributed by atoms with Crippen LogP contribution in [-0.4, -0.2) is 4.98 Å². The number of nitrogens with zero attached hydrogens (tertiary/aromatic N) is 1. The fraction of sp³-hybridized carbons (Fsp3) is 0.375. The van der Waals surface area contributed by atoms with Crippen LogP contribution in [0.4, 0.5) is 13.2 Å². The van der Waals surface area contributed by atoms with Gasteiger partial charge in [-0.3, -0.25) is 4.98 Å². The SMILES string of the molecule is Cc1cc(C(F)(F)F)cnc1C.N. The standard InChI is InChI=1S/C8H8F3N.H3N/c1-5-3-7(8(9,10)11)4-12-6(5)2;/h3-4H,1-2H3;1H3. The molecule has 74 valence electrons. The number of rotatable bonds is 0. The van der Waals surface area contributed by atoms with Gasteiger partial charge in [0.2, 0.25) is 0 Å². The summed E-state index contributed by atoms with van der Waals surface area (Å²) in [6, 6.07) is 1.10. The summed E-state index contributed by atoms with van der Waals surface area (Å²) in [6.45, 7) is 3.28. The van der Waals surface area contributed by atoms with E-state index in [1.165, 1.54) is 0 Å². The number of hydrogen-bond donors (Lipinski definition) is 1. The molecule has 0 bridgehead atoms. The van der Waals surface area contributed by atoms with Crippen LogP contribution in [0.2, 0.25) is 0 Å². The molecule has 0 fully saturated rings. The number of hydrogen-bond acceptors (Lipinski definition) is 2. The first-order valence-corrected chi connectivity index (χ1v) is 3.41. The van der Waals surface area contributed by atoms with Crippen LogP contribution in [0.5, 0.6) is 0 Å². The largest absolute Gasteiger partial charge is 0.417 e. The number of halogens is 3. The Balaban J connectivity index is 0.00000144. The van der Waals surface area contributed by atoms with Crippen LogP contribution in [0.3, 0.4) is 0 Å². The van der Waals surface area contributed by atoms with Crippen molar-refractivity contribution >= 4 is 0 Å². The molecule has 0 spiro atoms. The van der Waals surface area contributed by atoms with E-state index >= 15 is 0 Å². The molecule has 1 aromatic heterocycles. The van der Waals surface area contributed by atoms with Gasteiger partial charge in [0.15, 0.2) is 0 Å². The molecule has 13 heavy (non-hydrogen) atoms. The first kappa shape index (κ1) is 11.9. The lowest BCUT2D eigenvalue weighted by molar-refractivity contribution is -0.137. The summed E-state index contributed by atoms with van der Waals surface area (Å²) in [7, 11) is 0. The topological polar surface area (TPSA) is 47.9 Å². The molecule has 0 aliphatic heterocycles. The lowest BCUT2D eigenvalue weighted by atomic mass is 10.1. The smallest absolute Gasteiger partial charge is 0.344 e. The van der Waals surface area contributed by atoms with Gasteiger partial charge in [0, 0.05) is 11.9 Å². The van der Waals surface area contributed by atoms with Gasteiger partial charge >= 0.3 is 6.18 Å². The molecule has 0 saturated heterocycles. The molecule has 0 unspecified atom stereocenters. The molecule has 3 N–H and O–H groups in total. The normalized spacial score (nSPS) is 10.8. The van der Waals surface area contributed by atoms with Crippen LogP contribution in [0.1, 0.15) is 16.8 Å². The highest BCUT2D eigenvalue weighted by atomic mass is 19.4. The molecule has 1 aromatic rings. The molecule has 5 heteroatoms. The summed E-state index contributed by atoms with van der Waals surface area (Å²) in [6.07, 6.45) is -3.44. The molecule has 0 atom stereocenters. The number of aryl methyl sites for hydroxylation is 2. The van der Waals surface area contributed by atoms with Gasteiger partial charge in [0.25, 0.3) is 0 Å². The number of pyridine rings is 1. The van der Waals surface area contributed by atoms with Crippen LogP contribution in [-0.2, 0) is 6.18 Å². The van der Waals surface area contributed by atoms with Crippen LogP contribution >= 0.6 is 0 Å². The molecule has 0 aliphatic rings. The Labute approximate surface area is 74.4 Å². The lowest BCUT2D eigenvalue weighted by Crippen LogP contribution is -2.06. The highest BCUT2D eigenvalue weighted by molar-refractivity contribution is 5.24. The first-order valence-electron chi connectivity index (χ1n) is 3.41. The van der Waals surface area contributed by atoms with Crippen molar-refractivity contribution in [1.82, 2.24) is 11.1 Å². The fourth-order valence-electron chi connectivity index (χ4n) is 0.798. The third-order valence-electron chi connectivity index (χ3n) is 1.67. The molecule has 1 rings (SSSR count). The third kappa shape index (κ3) is 2.69. The van der Waals surface area contributed by atoms with E-state index in [1.807, 2.05) is 0 Å². The van der Waals surface area contributed by atoms with Crippen LogP contribution in [0.25, 0.3) is 0 Å². The molecule has 0 aromatic carbocycles. The zero-order valence-electron chi connectivity index (χ0n) is 7.44. The Bertz CT molecular complexity index is 294. The van der Waals surface area contributed by atoms with Gasteiger partial charge in [-0.1, -0.05) is 0 Å². The summed E-state index contributed by atoms with van der Waals surface area (Å²) in [4.78, 5) is 3.63. The molecule has 1 heterocycles. The Morgan fingerprint density at radius 1 is 1.23 bits per heavy atom. The molecule has 0 amide bonds. The van der Waals surface area contributed by atoms with Gasteiger partial charge in [-0.15, -0.1) is 0 Å². The number of aromatic nitrogens is 1. The second kappa shape index (κ2) is 3.74. The van der Waals surface area contributed by atoms with Crippen molar-refractivity contribution < 1.29 is 13.2 Å². The van der Waals surface area contributed by atoms with Gasteiger partial charge in [-0.05, 0) is 25.5 Å². The molecule has 0 aliphatic carbocycles. The average Bonchev–Trinajstić information content (AvgIpc) is 1.92. The zero-order valence-corrected chi connectivity index (χ0v) is 7.44. The van der Waals surface area contributed by atoms with E-state index < -0.39 is 11.7 Å². The summed E-state index contributed by atoms with van der Waals surface area (Å²) < 4.78 is 36.2. The first-order chi connectivity index (χ1) is 5.41. The summed E-state index contributed by atoms with van der Waals surface area (Å²) in [5.41, 5.74) is 0.499. The highest BCUT2D eigenvalue weighted by Crippen LogP contribution is 2.29. The van der Waals surface area contributed by atoms with E-state index in [0.717, 1.165) is 12.3 Å². The Kier molecular flexibility index (Phi) is 3.42. The van der Waals surface area contributed by atoms with E-state index in [-0.39, 0.29) is 6.15 Å². The van der Waals surface area contributed by atoms with Gasteiger partial charge in [-0.25, -0.2) is 0 Å². The minimum Gasteiger partial charge on any atom is -0.344 e. The summed E-state index contributed by atoms with van der Waals surface area (Å²) >= 11 is 0. The van der Waals surface area contributed by atoms with Crippen molar-refractivity contribution in [2.75, 3.05) is 0 Å². The fourth-order valence-corrected chi connectivity index (χ4v) is 0.798. The Hall–Kier alpha value is -1.10. The second-order valence-corrected chi connectivity index (χ2v) is 2.62. The van der Waals surface area contributed by atoms with Gasteiger partial charge in [0.1, 0.15) is 0 Å². The van der Waals surface area contributed by atoms with Gasteiger partial charge in [0.05, 0.1) is 5.56 Å². The summed E-state index contributed by atoms with van der Waals surface area (Å²) in [5, 5.41) is 0. The minimum atomic E-state index is -4.29. The predicted octanol–water partition coefficient (Wildman–Crippen LogP) is 2.88. The van der Waals surface area contributed by atoms with Crippen LogP contribution in [0.15, 0.2) is 12.3 Å². The lowest BCUT2D eigenvalue weighted by Gasteiger charge is -2.07. The predicted molar refractivity (Wildman–Crippen MR) is 43.7 cm³/mol. The molecular weight excluding hydrogens is 181 g/mol. The second-order valence-electron chi connectivity index (χ2n) is 2.62. The van der Waals surface area contributed by atoms with Gasteiger partial charge < -0.3 is 6.15 Å². The maximum atomic E-state index is 12.1. The third-order valence-corrected chi connectivity index (χ3v) is 1.67. The summed E-state index contributed by atoms with van der Waals surface area (Å²) in [5.74, 6) is 0. The monoisotopic (exact) mass is 192 g/mol. The van der Waals surface area contributed by atoms with Crippen molar-refractivity contribution in [1.29, 1.82) is 0 Å². The van der Waals surface area contributed by atoms with Crippen molar-refractivity contribution in [3.05, 3.63) is 29.1 Å². The maximum absolute atomic E-state index is 12.1. The number of alkyl halides is 3. The van der Waals surface area contributed by atoms with E-state index in [1.54, 1.807) is 13.8 Å². The molecule has 0 radical (unpaired) electrons. The van der Waals surface area contributed by atoms with E-state index in [9.17, 15) is 13.2 Å². The van der Waals surface area contributed by atoms with Crippen molar-refractivity contribution in [3.63, 3.8) is 0 Å². The minimum absolute atomic E-state index is 0. The molecular formula is C8H11F3N2. The van der Waals surface area contributed by atoms with Crippen LogP contribution < -0.4 is 6.15 Å². The maximum Gasteiger partial charge on any atom is 0.417 e. The van der Waals surface area contributed by atoms with Crippen molar-refractivity contribution in [2.24, 2.45) is 0 Å². The van der Waals surface area contributed by atoms with E-state index in [0.29, 0.717) is 11.3 Å². The average molecular weight is 192 g/mol. The van der Waals surface area contributed by atoms with Crippen LogP contribution in [0, 0.1) is 13.8 Å². The van der Waals surface area contributed by atoms with Crippen molar-refractivity contribution in [2.45, 2.75) is 20.0 Å². The molecule has 2 nitrogen and oxygen atoms in total. The molecule has 0 saturated carbocycles. The van der Waals surface area contributed by atoms with Gasteiger partial charge in [-0.2, -0.15) is 13.2 Å². The van der Waals surface area contributed by atoms with Crippen molar-refractivity contribution in [3.8, 4) is 0 Å². The highest BCUT2D eigenvalue weighted by Gasteiger charge is 2.30. The van der Waals surface area contributed by atoms with E-state index in [4.69, 9.17) is 0 Å². The quantitative estimate of drug-likeness (QED) is 0.687.